The van der Waals surface area contributed by atoms with E-state index in [4.69, 9.17) is 21.2 Å². The summed E-state index contributed by atoms with van der Waals surface area (Å²) in [5.74, 6) is -0.136. The molecule has 1 N–H and O–H groups in total. The van der Waals surface area contributed by atoms with Crippen LogP contribution < -0.4 is 0 Å². The van der Waals surface area contributed by atoms with Crippen LogP contribution in [0, 0.1) is 5.92 Å². The molecule has 1 unspecified atom stereocenters. The zero-order valence-corrected chi connectivity index (χ0v) is 12.0. The first-order chi connectivity index (χ1) is 10.1. The van der Waals surface area contributed by atoms with Gasteiger partial charge in [0.2, 0.25) is 0 Å². The molecule has 2 heterocycles. The van der Waals surface area contributed by atoms with Crippen molar-refractivity contribution < 1.29 is 14.4 Å². The highest BCUT2D eigenvalue weighted by Gasteiger charge is 2.28. The summed E-state index contributed by atoms with van der Waals surface area (Å²) in [5, 5.41) is 13.5. The second-order valence-electron chi connectivity index (χ2n) is 5.05. The average Bonchev–Trinajstić information content (AvgIpc) is 3.09. The third-order valence-electron chi connectivity index (χ3n) is 3.56. The Morgan fingerprint density at radius 3 is 3.00 bits per heavy atom. The molecule has 1 atom stereocenters. The van der Waals surface area contributed by atoms with Crippen LogP contribution in [-0.4, -0.2) is 39.2 Å². The Hall–Kier alpha value is -1.92. The topological polar surface area (TPSA) is 79.5 Å². The van der Waals surface area contributed by atoms with Gasteiger partial charge in [-0.3, -0.25) is 9.69 Å². The van der Waals surface area contributed by atoms with Crippen LogP contribution in [0.2, 0.25) is 5.02 Å². The standard InChI is InChI=1S/C14H14ClN3O3/c15-11-4-2-1-3-10(11)13-16-12(17-21-13)8-18-6-5-9(7-18)14(19)20/h1-4,9H,5-8H2,(H,19,20). The zero-order chi connectivity index (χ0) is 14.8. The molecule has 1 aromatic heterocycles. The Kier molecular flexibility index (Phi) is 3.90. The number of aromatic nitrogens is 2. The molecule has 0 radical (unpaired) electrons. The van der Waals surface area contributed by atoms with Crippen molar-refractivity contribution >= 4 is 17.6 Å². The van der Waals surface area contributed by atoms with Gasteiger partial charge in [0.1, 0.15) is 0 Å². The number of halogens is 1. The van der Waals surface area contributed by atoms with Crippen molar-refractivity contribution in [2.45, 2.75) is 13.0 Å². The number of likely N-dealkylation sites (tertiary alicyclic amines) is 1. The lowest BCUT2D eigenvalue weighted by Gasteiger charge is -2.11. The molecule has 1 aliphatic heterocycles. The monoisotopic (exact) mass is 307 g/mol. The number of carbonyl (C=O) groups is 1. The molecule has 0 bridgehead atoms. The predicted octanol–water partition coefficient (Wildman–Crippen LogP) is 2.30. The summed E-state index contributed by atoms with van der Waals surface area (Å²) < 4.78 is 5.23. The molecule has 7 heteroatoms. The van der Waals surface area contributed by atoms with Crippen LogP contribution in [0.4, 0.5) is 0 Å². The maximum atomic E-state index is 10.9. The van der Waals surface area contributed by atoms with Crippen molar-refractivity contribution in [2.24, 2.45) is 5.92 Å². The summed E-state index contributed by atoms with van der Waals surface area (Å²) in [6.45, 7) is 1.73. The second-order valence-corrected chi connectivity index (χ2v) is 5.46. The van der Waals surface area contributed by atoms with Crippen LogP contribution >= 0.6 is 11.6 Å². The normalized spacial score (nSPS) is 19.0. The van der Waals surface area contributed by atoms with Crippen molar-refractivity contribution in [3.05, 3.63) is 35.1 Å². The van der Waals surface area contributed by atoms with Crippen molar-refractivity contribution in [2.75, 3.05) is 13.1 Å². The summed E-state index contributed by atoms with van der Waals surface area (Å²) in [7, 11) is 0. The minimum Gasteiger partial charge on any atom is -0.481 e. The molecular formula is C14H14ClN3O3. The van der Waals surface area contributed by atoms with Gasteiger partial charge in [-0.05, 0) is 25.1 Å². The van der Waals surface area contributed by atoms with E-state index in [9.17, 15) is 4.79 Å². The number of hydrogen-bond donors (Lipinski definition) is 1. The molecule has 1 aliphatic rings. The van der Waals surface area contributed by atoms with Gasteiger partial charge in [-0.15, -0.1) is 0 Å². The quantitative estimate of drug-likeness (QED) is 0.933. The third kappa shape index (κ3) is 3.06. The first kappa shape index (κ1) is 14.0. The van der Waals surface area contributed by atoms with Crippen molar-refractivity contribution in [3.8, 4) is 11.5 Å². The van der Waals surface area contributed by atoms with E-state index in [0.29, 0.717) is 41.8 Å². The fraction of sp³-hybridized carbons (Fsp3) is 0.357. The van der Waals surface area contributed by atoms with Gasteiger partial charge < -0.3 is 9.63 Å². The molecule has 0 saturated carbocycles. The van der Waals surface area contributed by atoms with Gasteiger partial charge in [-0.1, -0.05) is 28.9 Å². The fourth-order valence-electron chi connectivity index (χ4n) is 2.44. The van der Waals surface area contributed by atoms with Crippen LogP contribution in [-0.2, 0) is 11.3 Å². The summed E-state index contributed by atoms with van der Waals surface area (Å²) in [6.07, 6.45) is 0.657. The lowest BCUT2D eigenvalue weighted by atomic mass is 10.1. The predicted molar refractivity (Wildman–Crippen MR) is 75.8 cm³/mol. The Bertz CT molecular complexity index is 658. The SMILES string of the molecule is O=C(O)C1CCN(Cc2noc(-c3ccccc3Cl)n2)C1. The van der Waals surface area contributed by atoms with E-state index >= 15 is 0 Å². The van der Waals surface area contributed by atoms with Crippen LogP contribution in [0.25, 0.3) is 11.5 Å². The lowest BCUT2D eigenvalue weighted by molar-refractivity contribution is -0.141. The average molecular weight is 308 g/mol. The van der Waals surface area contributed by atoms with Crippen molar-refractivity contribution in [1.29, 1.82) is 0 Å². The number of rotatable bonds is 4. The molecule has 0 amide bonds. The van der Waals surface area contributed by atoms with Crippen molar-refractivity contribution in [1.82, 2.24) is 15.0 Å². The Morgan fingerprint density at radius 2 is 2.29 bits per heavy atom. The van der Waals surface area contributed by atoms with Crippen LogP contribution in [0.1, 0.15) is 12.2 Å². The number of carboxylic acid groups (broad SMARTS) is 1. The summed E-state index contributed by atoms with van der Waals surface area (Å²) in [4.78, 5) is 17.3. The van der Waals surface area contributed by atoms with Crippen LogP contribution in [0.15, 0.2) is 28.8 Å². The van der Waals surface area contributed by atoms with E-state index in [-0.39, 0.29) is 5.92 Å². The van der Waals surface area contributed by atoms with Gasteiger partial charge in [-0.2, -0.15) is 4.98 Å². The van der Waals surface area contributed by atoms with E-state index in [1.165, 1.54) is 0 Å². The van der Waals surface area contributed by atoms with Gasteiger partial charge in [-0.25, -0.2) is 0 Å². The molecule has 110 valence electrons. The number of carboxylic acids is 1. The van der Waals surface area contributed by atoms with Gasteiger partial charge in [0.05, 0.1) is 23.0 Å². The molecule has 6 nitrogen and oxygen atoms in total. The summed E-state index contributed by atoms with van der Waals surface area (Å²) >= 11 is 6.09. The molecule has 1 saturated heterocycles. The molecular weight excluding hydrogens is 294 g/mol. The fourth-order valence-corrected chi connectivity index (χ4v) is 2.66. The Labute approximate surface area is 126 Å². The lowest BCUT2D eigenvalue weighted by Crippen LogP contribution is -2.23. The van der Waals surface area contributed by atoms with Gasteiger partial charge in [0.25, 0.3) is 5.89 Å². The maximum Gasteiger partial charge on any atom is 0.307 e. The van der Waals surface area contributed by atoms with Crippen molar-refractivity contribution in [3.63, 3.8) is 0 Å². The maximum absolute atomic E-state index is 10.9. The summed E-state index contributed by atoms with van der Waals surface area (Å²) in [5.41, 5.74) is 0.697. The first-order valence-electron chi connectivity index (χ1n) is 6.66. The van der Waals surface area contributed by atoms with E-state index in [1.54, 1.807) is 6.07 Å². The number of aliphatic carboxylic acids is 1. The highest BCUT2D eigenvalue weighted by atomic mass is 35.5. The molecule has 3 rings (SSSR count). The largest absolute Gasteiger partial charge is 0.481 e. The van der Waals surface area contributed by atoms with E-state index in [1.807, 2.05) is 23.1 Å². The number of benzene rings is 1. The molecule has 2 aromatic rings. The molecule has 1 aromatic carbocycles. The third-order valence-corrected chi connectivity index (χ3v) is 3.89. The summed E-state index contributed by atoms with van der Waals surface area (Å²) in [6, 6.07) is 7.26. The Morgan fingerprint density at radius 1 is 1.48 bits per heavy atom. The molecule has 21 heavy (non-hydrogen) atoms. The number of hydrogen-bond acceptors (Lipinski definition) is 5. The van der Waals surface area contributed by atoms with E-state index in [0.717, 1.165) is 6.54 Å². The molecule has 0 spiro atoms. The smallest absolute Gasteiger partial charge is 0.307 e. The number of nitrogens with zero attached hydrogens (tertiary/aromatic N) is 3. The highest BCUT2D eigenvalue weighted by Crippen LogP contribution is 2.26. The second kappa shape index (κ2) is 5.83. The minimum absolute atomic E-state index is 0.306. The Balaban J connectivity index is 1.69. The molecule has 1 fully saturated rings. The van der Waals surface area contributed by atoms with Gasteiger partial charge in [0, 0.05) is 6.54 Å². The van der Waals surface area contributed by atoms with Crippen LogP contribution in [0.5, 0.6) is 0 Å². The highest BCUT2D eigenvalue weighted by molar-refractivity contribution is 6.33. The van der Waals surface area contributed by atoms with Gasteiger partial charge in [0.15, 0.2) is 5.82 Å². The van der Waals surface area contributed by atoms with Gasteiger partial charge >= 0.3 is 5.97 Å². The zero-order valence-electron chi connectivity index (χ0n) is 11.2. The molecule has 0 aliphatic carbocycles. The minimum atomic E-state index is -0.748. The first-order valence-corrected chi connectivity index (χ1v) is 7.04. The van der Waals surface area contributed by atoms with E-state index in [2.05, 4.69) is 10.1 Å². The van der Waals surface area contributed by atoms with Crippen LogP contribution in [0.3, 0.4) is 0 Å². The van der Waals surface area contributed by atoms with E-state index < -0.39 is 5.97 Å².